The van der Waals surface area contributed by atoms with E-state index in [0.29, 0.717) is 0 Å². The van der Waals surface area contributed by atoms with Gasteiger partial charge in [0.1, 0.15) is 11.2 Å². The van der Waals surface area contributed by atoms with E-state index in [1.54, 1.807) is 0 Å². The van der Waals surface area contributed by atoms with Crippen molar-refractivity contribution in [3.63, 3.8) is 0 Å². The zero-order chi connectivity index (χ0) is 29.5. The smallest absolute Gasteiger partial charge is 0.135 e. The number of para-hydroxylation sites is 2. The van der Waals surface area contributed by atoms with E-state index < -0.39 is 0 Å². The molecule has 0 spiro atoms. The molecule has 0 fully saturated rings. The molecule has 0 amide bonds. The lowest BCUT2D eigenvalue weighted by atomic mass is 9.85. The summed E-state index contributed by atoms with van der Waals surface area (Å²) in [4.78, 5) is 5.44. The summed E-state index contributed by atoms with van der Waals surface area (Å²) in [5.41, 5.74) is 7.42. The van der Waals surface area contributed by atoms with E-state index in [-0.39, 0.29) is 0 Å². The van der Waals surface area contributed by atoms with Gasteiger partial charge in [0.25, 0.3) is 0 Å². The third-order valence-electron chi connectivity index (χ3n) is 9.42. The fraction of sp³-hybridized carbons (Fsp3) is 0. The minimum absolute atomic E-state index is 0.907. The molecule has 8 aromatic carbocycles. The Balaban J connectivity index is 1.37. The van der Waals surface area contributed by atoms with Crippen LogP contribution in [-0.4, -0.2) is 4.98 Å². The molecule has 0 atom stereocenters. The van der Waals surface area contributed by atoms with Crippen molar-refractivity contribution in [3.8, 4) is 22.4 Å². The Morgan fingerprint density at radius 1 is 0.378 bits per heavy atom. The van der Waals surface area contributed by atoms with E-state index in [4.69, 9.17) is 9.40 Å². The maximum atomic E-state index is 6.19. The molecule has 45 heavy (non-hydrogen) atoms. The van der Waals surface area contributed by atoms with Crippen molar-refractivity contribution in [1.29, 1.82) is 0 Å². The third-order valence-corrected chi connectivity index (χ3v) is 9.42. The van der Waals surface area contributed by atoms with Crippen LogP contribution in [-0.2, 0) is 0 Å². The molecule has 0 unspecified atom stereocenters. The summed E-state index contributed by atoms with van der Waals surface area (Å²) < 4.78 is 6.19. The van der Waals surface area contributed by atoms with E-state index in [1.807, 2.05) is 12.1 Å². The molecule has 0 aliphatic heterocycles. The van der Waals surface area contributed by atoms with Crippen molar-refractivity contribution in [1.82, 2.24) is 4.98 Å². The first-order chi connectivity index (χ1) is 22.3. The summed E-state index contributed by atoms with van der Waals surface area (Å²) in [6, 6.07) is 54.3. The molecule has 0 N–H and O–H groups in total. The minimum atomic E-state index is 0.907. The molecule has 0 aliphatic rings. The first-order valence-corrected chi connectivity index (χ1v) is 15.4. The summed E-state index contributed by atoms with van der Waals surface area (Å²) >= 11 is 0. The fourth-order valence-corrected chi connectivity index (χ4v) is 7.49. The Morgan fingerprint density at radius 2 is 0.956 bits per heavy atom. The molecule has 0 saturated heterocycles. The van der Waals surface area contributed by atoms with Gasteiger partial charge in [0.05, 0.1) is 11.2 Å². The van der Waals surface area contributed by atoms with Crippen LogP contribution in [0.15, 0.2) is 156 Å². The van der Waals surface area contributed by atoms with Gasteiger partial charge in [-0.3, -0.25) is 0 Å². The second-order valence-corrected chi connectivity index (χ2v) is 11.8. The highest BCUT2D eigenvalue weighted by molar-refractivity contribution is 6.28. The van der Waals surface area contributed by atoms with Crippen molar-refractivity contribution < 1.29 is 4.42 Å². The number of pyridine rings is 1. The number of fused-ring (bicyclic) bond motifs is 10. The van der Waals surface area contributed by atoms with Gasteiger partial charge in [-0.25, -0.2) is 4.98 Å². The van der Waals surface area contributed by atoms with E-state index in [2.05, 4.69) is 140 Å². The number of benzene rings is 8. The second-order valence-electron chi connectivity index (χ2n) is 11.8. The molecule has 2 nitrogen and oxygen atoms in total. The number of nitrogens with zero attached hydrogens (tertiary/aromatic N) is 1. The SMILES string of the molecule is c1ccc2c(c1)ccc1c(-c3c4ccccc4c(-c4ccc5oc6ccccc6c5c4)c4ccccc34)nc3ccccc3c12. The average Bonchev–Trinajstić information content (AvgIpc) is 3.48. The van der Waals surface area contributed by atoms with Crippen LogP contribution in [0.5, 0.6) is 0 Å². The van der Waals surface area contributed by atoms with Gasteiger partial charge in [-0.05, 0) is 67.7 Å². The molecule has 0 aliphatic carbocycles. The quantitative estimate of drug-likeness (QED) is 0.152. The molecule has 0 saturated carbocycles. The van der Waals surface area contributed by atoms with E-state index in [0.717, 1.165) is 33.1 Å². The summed E-state index contributed by atoms with van der Waals surface area (Å²) in [6.07, 6.45) is 0. The Morgan fingerprint density at radius 3 is 1.71 bits per heavy atom. The van der Waals surface area contributed by atoms with Crippen LogP contribution in [0.2, 0.25) is 0 Å². The topological polar surface area (TPSA) is 26.0 Å². The highest BCUT2D eigenvalue weighted by Crippen LogP contribution is 2.47. The van der Waals surface area contributed by atoms with E-state index >= 15 is 0 Å². The highest BCUT2D eigenvalue weighted by atomic mass is 16.3. The maximum absolute atomic E-state index is 6.19. The summed E-state index contributed by atoms with van der Waals surface area (Å²) in [6.45, 7) is 0. The van der Waals surface area contributed by atoms with Gasteiger partial charge in [0.2, 0.25) is 0 Å². The number of aromatic nitrogens is 1. The van der Waals surface area contributed by atoms with Crippen LogP contribution in [0, 0.1) is 0 Å². The first kappa shape index (κ1) is 24.5. The van der Waals surface area contributed by atoms with Gasteiger partial charge in [0, 0.05) is 32.5 Å². The molecular formula is C43H25NO. The fourth-order valence-electron chi connectivity index (χ4n) is 7.49. The summed E-state index contributed by atoms with van der Waals surface area (Å²) in [7, 11) is 0. The number of hydrogen-bond donors (Lipinski definition) is 0. The van der Waals surface area contributed by atoms with Gasteiger partial charge >= 0.3 is 0 Å². The Hall–Kier alpha value is -5.99. The molecule has 10 aromatic rings. The molecule has 10 rings (SSSR count). The summed E-state index contributed by atoms with van der Waals surface area (Å²) in [5, 5.41) is 13.2. The Bertz CT molecular complexity index is 2750. The van der Waals surface area contributed by atoms with Crippen LogP contribution in [0.3, 0.4) is 0 Å². The van der Waals surface area contributed by atoms with Crippen LogP contribution < -0.4 is 0 Å². The largest absolute Gasteiger partial charge is 0.456 e. The lowest BCUT2D eigenvalue weighted by molar-refractivity contribution is 0.669. The highest BCUT2D eigenvalue weighted by Gasteiger charge is 2.21. The first-order valence-electron chi connectivity index (χ1n) is 15.4. The van der Waals surface area contributed by atoms with Crippen molar-refractivity contribution in [2.45, 2.75) is 0 Å². The predicted octanol–water partition coefficient (Wildman–Crippen LogP) is 12.1. The average molecular weight is 572 g/mol. The molecule has 0 radical (unpaired) electrons. The van der Waals surface area contributed by atoms with Crippen molar-refractivity contribution in [3.05, 3.63) is 152 Å². The zero-order valence-electron chi connectivity index (χ0n) is 24.3. The monoisotopic (exact) mass is 571 g/mol. The van der Waals surface area contributed by atoms with Crippen LogP contribution in [0.1, 0.15) is 0 Å². The van der Waals surface area contributed by atoms with Gasteiger partial charge in [-0.15, -0.1) is 0 Å². The zero-order valence-corrected chi connectivity index (χ0v) is 24.3. The normalized spacial score (nSPS) is 12.0. The van der Waals surface area contributed by atoms with Crippen LogP contribution in [0.25, 0.3) is 98.3 Å². The molecule has 2 aromatic heterocycles. The Labute approximate surface area is 258 Å². The maximum Gasteiger partial charge on any atom is 0.135 e. The van der Waals surface area contributed by atoms with E-state index in [9.17, 15) is 0 Å². The van der Waals surface area contributed by atoms with Crippen molar-refractivity contribution in [2.24, 2.45) is 0 Å². The molecule has 2 heterocycles. The van der Waals surface area contributed by atoms with Gasteiger partial charge in [-0.1, -0.05) is 127 Å². The summed E-state index contributed by atoms with van der Waals surface area (Å²) in [5.74, 6) is 0. The molecular weight excluding hydrogens is 546 g/mol. The second kappa shape index (κ2) is 9.25. The minimum Gasteiger partial charge on any atom is -0.456 e. The number of hydrogen-bond acceptors (Lipinski definition) is 2. The van der Waals surface area contributed by atoms with Gasteiger partial charge in [0.15, 0.2) is 0 Å². The van der Waals surface area contributed by atoms with E-state index in [1.165, 1.54) is 65.2 Å². The van der Waals surface area contributed by atoms with Crippen molar-refractivity contribution >= 4 is 75.9 Å². The molecule has 208 valence electrons. The van der Waals surface area contributed by atoms with Crippen molar-refractivity contribution in [2.75, 3.05) is 0 Å². The lowest BCUT2D eigenvalue weighted by Crippen LogP contribution is -1.95. The lowest BCUT2D eigenvalue weighted by Gasteiger charge is -2.19. The van der Waals surface area contributed by atoms with Crippen LogP contribution in [0.4, 0.5) is 0 Å². The number of rotatable bonds is 2. The molecule has 2 heteroatoms. The van der Waals surface area contributed by atoms with Gasteiger partial charge < -0.3 is 4.42 Å². The number of furan rings is 1. The third kappa shape index (κ3) is 3.48. The standard InChI is InChI=1S/C43H25NO/c1-2-12-28-26(11-1)21-23-35-41(28)34-18-7-9-19-37(34)44-43(35)42-32-16-5-3-14-30(32)40(31-15-4-6-17-33(31)42)27-22-24-39-36(25-27)29-13-8-10-20-38(29)45-39/h1-25H. The van der Waals surface area contributed by atoms with Crippen LogP contribution >= 0.6 is 0 Å². The molecule has 0 bridgehead atoms. The predicted molar refractivity (Wildman–Crippen MR) is 190 cm³/mol. The van der Waals surface area contributed by atoms with Gasteiger partial charge in [-0.2, -0.15) is 0 Å². The Kier molecular flexibility index (Phi) is 5.03.